The number of benzene rings is 1. The molecule has 0 bridgehead atoms. The topological polar surface area (TPSA) is 29.9 Å². The van der Waals surface area contributed by atoms with Crippen molar-refractivity contribution in [2.45, 2.75) is 20.0 Å². The van der Waals surface area contributed by atoms with Gasteiger partial charge in [-0.2, -0.15) is 0 Å². The maximum atomic E-state index is 4.41. The Kier molecular flexibility index (Phi) is 3.52. The molecule has 0 aliphatic heterocycles. The summed E-state index contributed by atoms with van der Waals surface area (Å²) in [6.07, 6.45) is 4.05. The van der Waals surface area contributed by atoms with E-state index in [0.717, 1.165) is 18.8 Å². The minimum Gasteiger partial charge on any atom is -0.350 e. The molecule has 0 aliphatic rings. The van der Waals surface area contributed by atoms with Crippen LogP contribution in [0.3, 0.4) is 0 Å². The highest BCUT2D eigenvalue weighted by molar-refractivity contribution is 5.83. The highest BCUT2D eigenvalue weighted by atomic mass is 14.9. The Morgan fingerprint density at radius 1 is 1.10 bits per heavy atom. The third-order valence-electron chi connectivity index (χ3n) is 3.71. The Bertz CT molecular complexity index is 728. The quantitative estimate of drug-likeness (QED) is 0.785. The average molecular weight is 265 g/mol. The molecule has 0 unspecified atom stereocenters. The van der Waals surface area contributed by atoms with Gasteiger partial charge in [-0.25, -0.2) is 0 Å². The van der Waals surface area contributed by atoms with Gasteiger partial charge in [0.25, 0.3) is 0 Å². The van der Waals surface area contributed by atoms with Crippen molar-refractivity contribution in [3.8, 4) is 0 Å². The maximum absolute atomic E-state index is 4.41. The molecular weight excluding hydrogens is 246 g/mol. The molecule has 20 heavy (non-hydrogen) atoms. The minimum atomic E-state index is 0.801. The zero-order chi connectivity index (χ0) is 13.9. The van der Waals surface area contributed by atoms with Gasteiger partial charge in [-0.15, -0.1) is 0 Å². The molecule has 0 aliphatic carbocycles. The second-order valence-electron chi connectivity index (χ2n) is 5.15. The van der Waals surface area contributed by atoms with Crippen molar-refractivity contribution < 1.29 is 0 Å². The van der Waals surface area contributed by atoms with Gasteiger partial charge in [0.2, 0.25) is 0 Å². The monoisotopic (exact) mass is 265 g/mol. The zero-order valence-corrected chi connectivity index (χ0v) is 11.9. The minimum absolute atomic E-state index is 0.801. The lowest BCUT2D eigenvalue weighted by Gasteiger charge is -2.06. The fourth-order valence-corrected chi connectivity index (χ4v) is 2.59. The van der Waals surface area contributed by atoms with Gasteiger partial charge in [0, 0.05) is 43.4 Å². The number of pyridine rings is 1. The van der Waals surface area contributed by atoms with Crippen molar-refractivity contribution in [2.75, 3.05) is 0 Å². The van der Waals surface area contributed by atoms with Gasteiger partial charge in [-0.05, 0) is 30.2 Å². The van der Waals surface area contributed by atoms with Crippen LogP contribution in [0.1, 0.15) is 16.8 Å². The molecule has 102 valence electrons. The Labute approximate surface area is 119 Å². The Morgan fingerprint density at radius 2 is 1.95 bits per heavy atom. The highest BCUT2D eigenvalue weighted by Gasteiger charge is 2.05. The molecule has 1 N–H and O–H groups in total. The molecule has 0 saturated carbocycles. The Morgan fingerprint density at radius 3 is 2.80 bits per heavy atom. The third-order valence-corrected chi connectivity index (χ3v) is 3.71. The molecule has 1 aromatic carbocycles. The van der Waals surface area contributed by atoms with E-state index in [1.807, 2.05) is 12.3 Å². The molecular formula is C17H19N3. The number of rotatable bonds is 4. The second kappa shape index (κ2) is 5.47. The lowest BCUT2D eigenvalue weighted by atomic mass is 10.1. The van der Waals surface area contributed by atoms with Crippen LogP contribution in [-0.2, 0) is 20.1 Å². The summed E-state index contributed by atoms with van der Waals surface area (Å²) in [5.74, 6) is 0. The number of hydrogen-bond donors (Lipinski definition) is 1. The van der Waals surface area contributed by atoms with Gasteiger partial charge < -0.3 is 9.88 Å². The lowest BCUT2D eigenvalue weighted by molar-refractivity contribution is 0.677. The summed E-state index contributed by atoms with van der Waals surface area (Å²) in [6, 6.07) is 12.6. The smallest absolute Gasteiger partial charge is 0.0570 e. The first-order chi connectivity index (χ1) is 9.75. The van der Waals surface area contributed by atoms with Crippen molar-refractivity contribution in [2.24, 2.45) is 7.05 Å². The van der Waals surface area contributed by atoms with Gasteiger partial charge in [-0.1, -0.05) is 24.3 Å². The predicted molar refractivity (Wildman–Crippen MR) is 82.4 cm³/mol. The van der Waals surface area contributed by atoms with Crippen molar-refractivity contribution in [3.05, 3.63) is 65.6 Å². The maximum Gasteiger partial charge on any atom is 0.0570 e. The largest absolute Gasteiger partial charge is 0.350 e. The number of para-hydroxylation sites is 1. The van der Waals surface area contributed by atoms with E-state index in [2.05, 4.69) is 65.4 Å². The number of nitrogens with one attached hydrogen (secondary N) is 1. The lowest BCUT2D eigenvalue weighted by Crippen LogP contribution is -2.14. The van der Waals surface area contributed by atoms with Crippen LogP contribution in [0.5, 0.6) is 0 Å². The molecule has 3 nitrogen and oxygen atoms in total. The van der Waals surface area contributed by atoms with E-state index < -0.39 is 0 Å². The van der Waals surface area contributed by atoms with Crippen LogP contribution in [-0.4, -0.2) is 9.55 Å². The summed E-state index contributed by atoms with van der Waals surface area (Å²) in [6.45, 7) is 3.76. The molecule has 0 spiro atoms. The van der Waals surface area contributed by atoms with Crippen molar-refractivity contribution in [1.29, 1.82) is 0 Å². The van der Waals surface area contributed by atoms with Gasteiger partial charge in [0.05, 0.1) is 5.69 Å². The molecule has 2 heterocycles. The van der Waals surface area contributed by atoms with Gasteiger partial charge in [0.1, 0.15) is 0 Å². The van der Waals surface area contributed by atoms with Gasteiger partial charge >= 0.3 is 0 Å². The van der Waals surface area contributed by atoms with E-state index in [9.17, 15) is 0 Å². The fraction of sp³-hybridized carbons (Fsp3) is 0.235. The average Bonchev–Trinajstić information content (AvgIpc) is 2.78. The number of aryl methyl sites for hydroxylation is 2. The van der Waals surface area contributed by atoms with E-state index in [1.165, 1.54) is 22.0 Å². The first-order valence-electron chi connectivity index (χ1n) is 6.90. The van der Waals surface area contributed by atoms with E-state index >= 15 is 0 Å². The van der Waals surface area contributed by atoms with Crippen LogP contribution < -0.4 is 5.32 Å². The molecule has 0 fully saturated rings. The highest BCUT2D eigenvalue weighted by Crippen LogP contribution is 2.20. The van der Waals surface area contributed by atoms with E-state index in [-0.39, 0.29) is 0 Å². The first kappa shape index (κ1) is 12.9. The summed E-state index contributed by atoms with van der Waals surface area (Å²) in [4.78, 5) is 4.41. The molecule has 3 heteroatoms. The number of aromatic nitrogens is 2. The second-order valence-corrected chi connectivity index (χ2v) is 5.15. The fourth-order valence-electron chi connectivity index (χ4n) is 2.59. The summed E-state index contributed by atoms with van der Waals surface area (Å²) in [5, 5.41) is 4.81. The van der Waals surface area contributed by atoms with Crippen molar-refractivity contribution >= 4 is 10.9 Å². The molecule has 0 atom stereocenters. The summed E-state index contributed by atoms with van der Waals surface area (Å²) < 4.78 is 2.18. The van der Waals surface area contributed by atoms with E-state index in [1.54, 1.807) is 0 Å². The normalized spacial score (nSPS) is 11.1. The molecule has 3 aromatic rings. The van der Waals surface area contributed by atoms with Crippen molar-refractivity contribution in [1.82, 2.24) is 14.9 Å². The molecule has 3 rings (SSSR count). The van der Waals surface area contributed by atoms with Crippen LogP contribution >= 0.6 is 0 Å². The third kappa shape index (κ3) is 2.45. The Balaban J connectivity index is 1.73. The molecule has 0 amide bonds. The van der Waals surface area contributed by atoms with Gasteiger partial charge in [-0.3, -0.25) is 4.98 Å². The van der Waals surface area contributed by atoms with E-state index in [4.69, 9.17) is 0 Å². The van der Waals surface area contributed by atoms with Crippen LogP contribution in [0.2, 0.25) is 0 Å². The van der Waals surface area contributed by atoms with Gasteiger partial charge in [0.15, 0.2) is 0 Å². The molecule has 2 aromatic heterocycles. The SMILES string of the molecule is Cc1cccnc1CNCc1cn(C)c2ccccc12. The number of nitrogens with zero attached hydrogens (tertiary/aromatic N) is 2. The van der Waals surface area contributed by atoms with Crippen LogP contribution in [0.25, 0.3) is 10.9 Å². The Hall–Kier alpha value is -2.13. The van der Waals surface area contributed by atoms with Crippen LogP contribution in [0.15, 0.2) is 48.8 Å². The number of hydrogen-bond acceptors (Lipinski definition) is 2. The van der Waals surface area contributed by atoms with E-state index in [0.29, 0.717) is 0 Å². The van der Waals surface area contributed by atoms with Crippen LogP contribution in [0.4, 0.5) is 0 Å². The molecule has 0 saturated heterocycles. The van der Waals surface area contributed by atoms with Crippen LogP contribution in [0, 0.1) is 6.92 Å². The number of fused-ring (bicyclic) bond motifs is 1. The predicted octanol–water partition coefficient (Wildman–Crippen LogP) is 3.17. The summed E-state index contributed by atoms with van der Waals surface area (Å²) >= 11 is 0. The summed E-state index contributed by atoms with van der Waals surface area (Å²) in [5.41, 5.74) is 4.96. The first-order valence-corrected chi connectivity index (χ1v) is 6.90. The summed E-state index contributed by atoms with van der Waals surface area (Å²) in [7, 11) is 2.09. The van der Waals surface area contributed by atoms with Crippen molar-refractivity contribution in [3.63, 3.8) is 0 Å². The standard InChI is InChI=1S/C17H19N3/c1-13-6-5-9-19-16(13)11-18-10-14-12-20(2)17-8-4-3-7-15(14)17/h3-9,12,18H,10-11H2,1-2H3. The zero-order valence-electron chi connectivity index (χ0n) is 11.9. The molecule has 0 radical (unpaired) electrons.